The lowest BCUT2D eigenvalue weighted by Crippen LogP contribution is -2.43. The van der Waals surface area contributed by atoms with E-state index in [1.54, 1.807) is 11.3 Å². The van der Waals surface area contributed by atoms with Gasteiger partial charge >= 0.3 is 0 Å². The summed E-state index contributed by atoms with van der Waals surface area (Å²) in [6.45, 7) is 7.62. The van der Waals surface area contributed by atoms with Gasteiger partial charge in [0, 0.05) is 22.0 Å². The van der Waals surface area contributed by atoms with Crippen molar-refractivity contribution in [1.29, 1.82) is 0 Å². The molecule has 0 N–H and O–H groups in total. The van der Waals surface area contributed by atoms with Gasteiger partial charge in [-0.25, -0.2) is 9.97 Å². The number of carbonyl (C=O) groups excluding carboxylic acids is 1. The molecule has 0 aromatic carbocycles. The van der Waals surface area contributed by atoms with Crippen molar-refractivity contribution >= 4 is 17.2 Å². The Balaban J connectivity index is 1.69. The standard InChI is InChI=1S/C17H21N3O2S/c1-11-8-15(19-13(3)18-11)16-10-20(6-7-22-16)17(21)9-14-5-4-12(2)23-14/h4-5,8,16H,6-7,9-10H2,1-3H3/t16-/m0/s1. The molecule has 0 aliphatic carbocycles. The monoisotopic (exact) mass is 331 g/mol. The number of aryl methyl sites for hydroxylation is 3. The molecule has 5 nitrogen and oxygen atoms in total. The van der Waals surface area contributed by atoms with E-state index in [1.165, 1.54) is 4.88 Å². The van der Waals surface area contributed by atoms with Gasteiger partial charge in [-0.05, 0) is 39.0 Å². The first-order chi connectivity index (χ1) is 11.0. The van der Waals surface area contributed by atoms with Gasteiger partial charge in [-0.15, -0.1) is 11.3 Å². The summed E-state index contributed by atoms with van der Waals surface area (Å²) < 4.78 is 5.83. The number of thiophene rings is 1. The molecule has 6 heteroatoms. The average Bonchev–Trinajstić information content (AvgIpc) is 2.91. The minimum absolute atomic E-state index is 0.155. The third-order valence-corrected chi connectivity index (χ3v) is 4.86. The minimum Gasteiger partial charge on any atom is -0.368 e. The predicted octanol–water partition coefficient (Wildman–Crippen LogP) is 2.61. The van der Waals surface area contributed by atoms with E-state index < -0.39 is 0 Å². The summed E-state index contributed by atoms with van der Waals surface area (Å²) in [7, 11) is 0. The molecular weight excluding hydrogens is 310 g/mol. The van der Waals surface area contributed by atoms with Gasteiger partial charge in [-0.1, -0.05) is 0 Å². The zero-order chi connectivity index (χ0) is 16.4. The predicted molar refractivity (Wildman–Crippen MR) is 89.5 cm³/mol. The maximum atomic E-state index is 12.5. The molecule has 1 saturated heterocycles. The van der Waals surface area contributed by atoms with Gasteiger partial charge < -0.3 is 9.64 Å². The summed E-state index contributed by atoms with van der Waals surface area (Å²) in [6, 6.07) is 6.03. The first-order valence-corrected chi connectivity index (χ1v) is 8.60. The molecule has 1 fully saturated rings. The lowest BCUT2D eigenvalue weighted by molar-refractivity contribution is -0.138. The van der Waals surface area contributed by atoms with Crippen LogP contribution in [0, 0.1) is 20.8 Å². The largest absolute Gasteiger partial charge is 0.368 e. The van der Waals surface area contributed by atoms with Gasteiger partial charge in [0.25, 0.3) is 0 Å². The van der Waals surface area contributed by atoms with Crippen LogP contribution in [0.1, 0.15) is 33.1 Å². The Morgan fingerprint density at radius 3 is 2.87 bits per heavy atom. The number of aromatic nitrogens is 2. The lowest BCUT2D eigenvalue weighted by atomic mass is 10.1. The second kappa shape index (κ2) is 6.76. The maximum Gasteiger partial charge on any atom is 0.228 e. The molecule has 0 saturated carbocycles. The van der Waals surface area contributed by atoms with Crippen molar-refractivity contribution in [3.05, 3.63) is 45.2 Å². The summed E-state index contributed by atoms with van der Waals surface area (Å²) >= 11 is 1.68. The highest BCUT2D eigenvalue weighted by molar-refractivity contribution is 7.12. The van der Waals surface area contributed by atoms with E-state index >= 15 is 0 Å². The fraction of sp³-hybridized carbons (Fsp3) is 0.471. The van der Waals surface area contributed by atoms with Crippen molar-refractivity contribution in [3.63, 3.8) is 0 Å². The van der Waals surface area contributed by atoms with Crippen LogP contribution in [0.3, 0.4) is 0 Å². The molecule has 23 heavy (non-hydrogen) atoms. The highest BCUT2D eigenvalue weighted by Gasteiger charge is 2.26. The SMILES string of the molecule is Cc1cc([C@@H]2CN(C(=O)Cc3ccc(C)s3)CCO2)nc(C)n1. The van der Waals surface area contributed by atoms with Gasteiger partial charge in [-0.3, -0.25) is 4.79 Å². The van der Waals surface area contributed by atoms with Crippen LogP contribution in [0.25, 0.3) is 0 Å². The normalized spacial score (nSPS) is 18.2. The number of morpholine rings is 1. The van der Waals surface area contributed by atoms with Crippen LogP contribution in [-0.2, 0) is 16.0 Å². The van der Waals surface area contributed by atoms with Crippen LogP contribution in [0.5, 0.6) is 0 Å². The second-order valence-corrected chi connectivity index (χ2v) is 7.24. The number of ether oxygens (including phenoxy) is 1. The van der Waals surface area contributed by atoms with Gasteiger partial charge in [0.2, 0.25) is 5.91 Å². The highest BCUT2D eigenvalue weighted by Crippen LogP contribution is 2.23. The van der Waals surface area contributed by atoms with E-state index in [1.807, 2.05) is 30.9 Å². The Bertz CT molecular complexity index is 693. The van der Waals surface area contributed by atoms with Crippen LogP contribution < -0.4 is 0 Å². The molecule has 0 spiro atoms. The van der Waals surface area contributed by atoms with Crippen molar-refractivity contribution in [2.45, 2.75) is 33.3 Å². The molecule has 1 aliphatic heterocycles. The van der Waals surface area contributed by atoms with Gasteiger partial charge in [0.15, 0.2) is 0 Å². The molecule has 3 rings (SSSR count). The van der Waals surface area contributed by atoms with Crippen molar-refractivity contribution in [2.75, 3.05) is 19.7 Å². The van der Waals surface area contributed by atoms with E-state index in [4.69, 9.17) is 4.74 Å². The molecule has 1 atom stereocenters. The zero-order valence-electron chi connectivity index (χ0n) is 13.7. The molecule has 0 unspecified atom stereocenters. The van der Waals surface area contributed by atoms with E-state index in [2.05, 4.69) is 23.0 Å². The van der Waals surface area contributed by atoms with Crippen LogP contribution in [0.4, 0.5) is 0 Å². The summed E-state index contributed by atoms with van der Waals surface area (Å²) in [6.07, 6.45) is 0.297. The van der Waals surface area contributed by atoms with Crippen molar-refractivity contribution in [3.8, 4) is 0 Å². The molecule has 0 bridgehead atoms. The number of rotatable bonds is 3. The number of hydrogen-bond donors (Lipinski definition) is 0. The number of hydrogen-bond acceptors (Lipinski definition) is 5. The lowest BCUT2D eigenvalue weighted by Gasteiger charge is -2.32. The smallest absolute Gasteiger partial charge is 0.228 e. The van der Waals surface area contributed by atoms with E-state index in [9.17, 15) is 4.79 Å². The molecule has 3 heterocycles. The Morgan fingerprint density at radius 2 is 2.17 bits per heavy atom. The first-order valence-electron chi connectivity index (χ1n) is 7.78. The Hall–Kier alpha value is -1.79. The maximum absolute atomic E-state index is 12.5. The summed E-state index contributed by atoms with van der Waals surface area (Å²) in [5, 5.41) is 0. The zero-order valence-corrected chi connectivity index (χ0v) is 14.5. The van der Waals surface area contributed by atoms with Crippen molar-refractivity contribution in [1.82, 2.24) is 14.9 Å². The fourth-order valence-electron chi connectivity index (χ4n) is 2.81. The van der Waals surface area contributed by atoms with E-state index in [-0.39, 0.29) is 12.0 Å². The fourth-order valence-corrected chi connectivity index (χ4v) is 3.69. The minimum atomic E-state index is -0.168. The summed E-state index contributed by atoms with van der Waals surface area (Å²) in [4.78, 5) is 25.5. The summed E-state index contributed by atoms with van der Waals surface area (Å²) in [5.74, 6) is 0.892. The van der Waals surface area contributed by atoms with Gasteiger partial charge in [0.1, 0.15) is 11.9 Å². The Kier molecular flexibility index (Phi) is 4.73. The molecular formula is C17H21N3O2S. The quantitative estimate of drug-likeness (QED) is 0.867. The molecule has 2 aromatic heterocycles. The Morgan fingerprint density at radius 1 is 1.35 bits per heavy atom. The van der Waals surface area contributed by atoms with Crippen LogP contribution in [0.2, 0.25) is 0 Å². The first kappa shape index (κ1) is 16.1. The topological polar surface area (TPSA) is 55.3 Å². The third kappa shape index (κ3) is 3.95. The van der Waals surface area contributed by atoms with Crippen LogP contribution in [-0.4, -0.2) is 40.5 Å². The van der Waals surface area contributed by atoms with Crippen molar-refractivity contribution < 1.29 is 9.53 Å². The molecule has 1 aliphatic rings. The third-order valence-electron chi connectivity index (χ3n) is 3.86. The van der Waals surface area contributed by atoms with Crippen molar-refractivity contribution in [2.24, 2.45) is 0 Å². The Labute approximate surface area is 140 Å². The van der Waals surface area contributed by atoms with Gasteiger partial charge in [0.05, 0.1) is 25.3 Å². The molecule has 122 valence electrons. The van der Waals surface area contributed by atoms with Gasteiger partial charge in [-0.2, -0.15) is 0 Å². The van der Waals surface area contributed by atoms with E-state index in [0.29, 0.717) is 26.1 Å². The average molecular weight is 331 g/mol. The van der Waals surface area contributed by atoms with Crippen LogP contribution >= 0.6 is 11.3 Å². The van der Waals surface area contributed by atoms with E-state index in [0.717, 1.165) is 22.1 Å². The second-order valence-electron chi connectivity index (χ2n) is 5.87. The number of carbonyl (C=O) groups is 1. The molecule has 2 aromatic rings. The van der Waals surface area contributed by atoms with Crippen LogP contribution in [0.15, 0.2) is 18.2 Å². The number of amides is 1. The molecule has 1 amide bonds. The molecule has 0 radical (unpaired) electrons. The highest BCUT2D eigenvalue weighted by atomic mass is 32.1. The number of nitrogens with zero attached hydrogens (tertiary/aromatic N) is 3. The summed E-state index contributed by atoms with van der Waals surface area (Å²) in [5.41, 5.74) is 1.79.